The quantitative estimate of drug-likeness (QED) is 0.849. The Bertz CT molecular complexity index is 360. The Morgan fingerprint density at radius 3 is 2.47 bits per heavy atom. The molecular formula is C14H21NO2. The molecule has 1 aromatic rings. The fraction of sp³-hybridized carbons (Fsp3) is 0.500. The Hall–Kier alpha value is -1.35. The number of carbonyl (C=O) groups is 1. The first-order valence-corrected chi connectivity index (χ1v) is 5.84. The van der Waals surface area contributed by atoms with Crippen molar-refractivity contribution in [1.29, 1.82) is 0 Å². The lowest BCUT2D eigenvalue weighted by atomic mass is 9.83. The molecule has 0 saturated heterocycles. The third-order valence-corrected chi connectivity index (χ3v) is 2.86. The van der Waals surface area contributed by atoms with Crippen LogP contribution >= 0.6 is 0 Å². The van der Waals surface area contributed by atoms with Crippen molar-refractivity contribution in [2.75, 3.05) is 13.7 Å². The maximum atomic E-state index is 12.2. The maximum Gasteiger partial charge on any atom is 0.230 e. The highest BCUT2D eigenvalue weighted by Gasteiger charge is 2.30. The Balaban J connectivity index is 2.74. The molecule has 17 heavy (non-hydrogen) atoms. The second-order valence-corrected chi connectivity index (χ2v) is 4.82. The number of rotatable bonds is 5. The lowest BCUT2D eigenvalue weighted by Crippen LogP contribution is -2.45. The van der Waals surface area contributed by atoms with Crippen LogP contribution in [0, 0.1) is 0 Å². The van der Waals surface area contributed by atoms with E-state index in [9.17, 15) is 4.79 Å². The average molecular weight is 235 g/mol. The summed E-state index contributed by atoms with van der Waals surface area (Å²) in [6.07, 6.45) is 0. The zero-order valence-corrected chi connectivity index (χ0v) is 11.0. The molecule has 0 saturated carbocycles. The summed E-state index contributed by atoms with van der Waals surface area (Å²) in [4.78, 5) is 12.2. The Kier molecular flexibility index (Phi) is 4.70. The van der Waals surface area contributed by atoms with Crippen LogP contribution in [0.4, 0.5) is 0 Å². The minimum atomic E-state index is -0.525. The number of benzene rings is 1. The molecule has 1 rings (SSSR count). The zero-order valence-electron chi connectivity index (χ0n) is 11.0. The first kappa shape index (κ1) is 13.7. The van der Waals surface area contributed by atoms with Crippen LogP contribution < -0.4 is 5.32 Å². The van der Waals surface area contributed by atoms with Gasteiger partial charge in [-0.2, -0.15) is 0 Å². The number of methoxy groups -OCH3 is 1. The monoisotopic (exact) mass is 235 g/mol. The van der Waals surface area contributed by atoms with Crippen molar-refractivity contribution in [2.45, 2.75) is 32.2 Å². The van der Waals surface area contributed by atoms with Crippen LogP contribution in [0.5, 0.6) is 0 Å². The fourth-order valence-corrected chi connectivity index (χ4v) is 1.68. The first-order chi connectivity index (χ1) is 7.98. The van der Waals surface area contributed by atoms with Crippen molar-refractivity contribution in [3.8, 4) is 0 Å². The van der Waals surface area contributed by atoms with E-state index in [0.717, 1.165) is 5.56 Å². The maximum absolute atomic E-state index is 12.2. The molecule has 0 aliphatic heterocycles. The molecule has 0 aromatic heterocycles. The van der Waals surface area contributed by atoms with Gasteiger partial charge in [0.2, 0.25) is 5.91 Å². The Morgan fingerprint density at radius 1 is 1.35 bits per heavy atom. The second-order valence-electron chi connectivity index (χ2n) is 4.82. The summed E-state index contributed by atoms with van der Waals surface area (Å²) in [5.41, 5.74) is 0.491. The summed E-state index contributed by atoms with van der Waals surface area (Å²) in [6, 6.07) is 9.81. The van der Waals surface area contributed by atoms with E-state index in [4.69, 9.17) is 4.74 Å². The van der Waals surface area contributed by atoms with Crippen molar-refractivity contribution in [1.82, 2.24) is 5.32 Å². The van der Waals surface area contributed by atoms with E-state index in [0.29, 0.717) is 6.61 Å². The molecule has 0 fully saturated rings. The SMILES string of the molecule is COC[C@H](C)NC(=O)C(C)(C)c1ccccc1. The summed E-state index contributed by atoms with van der Waals surface area (Å²) in [7, 11) is 1.63. The van der Waals surface area contributed by atoms with Crippen LogP contribution in [0.3, 0.4) is 0 Å². The smallest absolute Gasteiger partial charge is 0.230 e. The zero-order chi connectivity index (χ0) is 12.9. The van der Waals surface area contributed by atoms with E-state index in [1.807, 2.05) is 51.1 Å². The van der Waals surface area contributed by atoms with Gasteiger partial charge in [-0.1, -0.05) is 30.3 Å². The van der Waals surface area contributed by atoms with Crippen molar-refractivity contribution in [2.24, 2.45) is 0 Å². The number of carbonyl (C=O) groups excluding carboxylic acids is 1. The summed E-state index contributed by atoms with van der Waals surface area (Å²) >= 11 is 0. The molecule has 94 valence electrons. The summed E-state index contributed by atoms with van der Waals surface area (Å²) < 4.78 is 5.01. The second kappa shape index (κ2) is 5.82. The van der Waals surface area contributed by atoms with Crippen molar-refractivity contribution >= 4 is 5.91 Å². The molecule has 1 atom stereocenters. The lowest BCUT2D eigenvalue weighted by molar-refractivity contribution is -0.126. The van der Waals surface area contributed by atoms with E-state index >= 15 is 0 Å². The molecule has 1 amide bonds. The van der Waals surface area contributed by atoms with Crippen LogP contribution in [0.1, 0.15) is 26.3 Å². The Morgan fingerprint density at radius 2 is 1.94 bits per heavy atom. The van der Waals surface area contributed by atoms with Crippen LogP contribution in [-0.2, 0) is 14.9 Å². The van der Waals surface area contributed by atoms with Gasteiger partial charge in [0.1, 0.15) is 0 Å². The van der Waals surface area contributed by atoms with Gasteiger partial charge < -0.3 is 10.1 Å². The van der Waals surface area contributed by atoms with E-state index < -0.39 is 5.41 Å². The van der Waals surface area contributed by atoms with Gasteiger partial charge in [-0.05, 0) is 26.3 Å². The van der Waals surface area contributed by atoms with Crippen LogP contribution in [0.2, 0.25) is 0 Å². The average Bonchev–Trinajstić information content (AvgIpc) is 2.30. The van der Waals surface area contributed by atoms with E-state index in [2.05, 4.69) is 5.32 Å². The topological polar surface area (TPSA) is 38.3 Å². The molecule has 0 bridgehead atoms. The predicted octanol–water partition coefficient (Wildman–Crippen LogP) is 2.12. The third-order valence-electron chi connectivity index (χ3n) is 2.86. The van der Waals surface area contributed by atoms with Gasteiger partial charge in [0.25, 0.3) is 0 Å². The molecule has 0 radical (unpaired) electrons. The van der Waals surface area contributed by atoms with Gasteiger partial charge in [-0.15, -0.1) is 0 Å². The third kappa shape index (κ3) is 3.56. The molecule has 0 spiro atoms. The highest BCUT2D eigenvalue weighted by atomic mass is 16.5. The minimum absolute atomic E-state index is 0.0215. The largest absolute Gasteiger partial charge is 0.383 e. The number of ether oxygens (including phenoxy) is 1. The highest BCUT2D eigenvalue weighted by molar-refractivity contribution is 5.87. The standard InChI is InChI=1S/C14H21NO2/c1-11(10-17-4)15-13(16)14(2,3)12-8-6-5-7-9-12/h5-9,11H,10H2,1-4H3,(H,15,16)/t11-/m0/s1. The number of hydrogen-bond acceptors (Lipinski definition) is 2. The van der Waals surface area contributed by atoms with Gasteiger partial charge in [-0.3, -0.25) is 4.79 Å². The molecule has 0 aliphatic carbocycles. The molecule has 1 aromatic carbocycles. The number of hydrogen-bond donors (Lipinski definition) is 1. The number of amides is 1. The van der Waals surface area contributed by atoms with Crippen molar-refractivity contribution in [3.05, 3.63) is 35.9 Å². The molecular weight excluding hydrogens is 214 g/mol. The van der Waals surface area contributed by atoms with Crippen LogP contribution in [0.25, 0.3) is 0 Å². The predicted molar refractivity (Wildman–Crippen MR) is 68.9 cm³/mol. The molecule has 1 N–H and O–H groups in total. The Labute approximate surface area is 103 Å². The molecule has 3 nitrogen and oxygen atoms in total. The van der Waals surface area contributed by atoms with E-state index in [-0.39, 0.29) is 11.9 Å². The summed E-state index contributed by atoms with van der Waals surface area (Å²) in [5.74, 6) is 0.0215. The lowest BCUT2D eigenvalue weighted by Gasteiger charge is -2.26. The van der Waals surface area contributed by atoms with E-state index in [1.54, 1.807) is 7.11 Å². The molecule has 0 unspecified atom stereocenters. The van der Waals surface area contributed by atoms with Gasteiger partial charge in [0, 0.05) is 13.2 Å². The first-order valence-electron chi connectivity index (χ1n) is 5.84. The molecule has 3 heteroatoms. The number of nitrogens with one attached hydrogen (secondary N) is 1. The van der Waals surface area contributed by atoms with Crippen molar-refractivity contribution < 1.29 is 9.53 Å². The van der Waals surface area contributed by atoms with Crippen molar-refractivity contribution in [3.63, 3.8) is 0 Å². The molecule has 0 heterocycles. The normalized spacial score (nSPS) is 13.2. The van der Waals surface area contributed by atoms with Crippen LogP contribution in [-0.4, -0.2) is 25.7 Å². The summed E-state index contributed by atoms with van der Waals surface area (Å²) in [6.45, 7) is 6.31. The van der Waals surface area contributed by atoms with Crippen LogP contribution in [0.15, 0.2) is 30.3 Å². The fourth-order valence-electron chi connectivity index (χ4n) is 1.68. The van der Waals surface area contributed by atoms with Gasteiger partial charge >= 0.3 is 0 Å². The van der Waals surface area contributed by atoms with Gasteiger partial charge in [0.15, 0.2) is 0 Å². The minimum Gasteiger partial charge on any atom is -0.383 e. The molecule has 0 aliphatic rings. The van der Waals surface area contributed by atoms with Gasteiger partial charge in [0.05, 0.1) is 12.0 Å². The van der Waals surface area contributed by atoms with Gasteiger partial charge in [-0.25, -0.2) is 0 Å². The van der Waals surface area contributed by atoms with E-state index in [1.165, 1.54) is 0 Å². The summed E-state index contributed by atoms with van der Waals surface area (Å²) in [5, 5.41) is 2.96. The highest BCUT2D eigenvalue weighted by Crippen LogP contribution is 2.23.